The number of nitrogens with one attached hydrogen (secondary N) is 1. The molecule has 0 spiro atoms. The van der Waals surface area contributed by atoms with Gasteiger partial charge in [0.25, 0.3) is 0 Å². The molecule has 2 rings (SSSR count). The quantitative estimate of drug-likeness (QED) is 0.535. The summed E-state index contributed by atoms with van der Waals surface area (Å²) in [5, 5.41) is 11.8. The SMILES string of the molecule is O=C(O)CN1CC2=C(CNC2)C1. The average molecular weight is 168 g/mol. The van der Waals surface area contributed by atoms with E-state index >= 15 is 0 Å². The van der Waals surface area contributed by atoms with E-state index in [9.17, 15) is 4.79 Å². The third-order valence-electron chi connectivity index (χ3n) is 2.36. The molecule has 0 fully saturated rings. The summed E-state index contributed by atoms with van der Waals surface area (Å²) in [6.45, 7) is 3.76. The molecule has 0 aromatic carbocycles. The van der Waals surface area contributed by atoms with E-state index in [4.69, 9.17) is 5.11 Å². The maximum atomic E-state index is 10.4. The van der Waals surface area contributed by atoms with Crippen LogP contribution in [0.5, 0.6) is 0 Å². The second kappa shape index (κ2) is 2.88. The second-order valence-electron chi connectivity index (χ2n) is 3.35. The third-order valence-corrected chi connectivity index (χ3v) is 2.36. The van der Waals surface area contributed by atoms with E-state index in [2.05, 4.69) is 5.32 Å². The summed E-state index contributed by atoms with van der Waals surface area (Å²) in [6.07, 6.45) is 0. The molecule has 12 heavy (non-hydrogen) atoms. The van der Waals surface area contributed by atoms with Gasteiger partial charge in [0.1, 0.15) is 0 Å². The Labute approximate surface area is 70.9 Å². The first-order valence-corrected chi connectivity index (χ1v) is 4.10. The van der Waals surface area contributed by atoms with E-state index in [1.807, 2.05) is 4.90 Å². The summed E-state index contributed by atoms with van der Waals surface area (Å²) in [4.78, 5) is 12.4. The molecule has 0 aromatic rings. The van der Waals surface area contributed by atoms with Gasteiger partial charge in [0.05, 0.1) is 6.54 Å². The lowest BCUT2D eigenvalue weighted by Gasteiger charge is -2.14. The van der Waals surface area contributed by atoms with E-state index in [-0.39, 0.29) is 6.54 Å². The predicted octanol–water partition coefficient (Wildman–Crippen LogP) is -0.714. The minimum absolute atomic E-state index is 0.174. The highest BCUT2D eigenvalue weighted by Gasteiger charge is 2.25. The van der Waals surface area contributed by atoms with Crippen LogP contribution in [0.3, 0.4) is 0 Å². The van der Waals surface area contributed by atoms with Gasteiger partial charge in [0.15, 0.2) is 0 Å². The van der Waals surface area contributed by atoms with Crippen molar-refractivity contribution in [3.05, 3.63) is 11.1 Å². The Hall–Kier alpha value is -0.870. The first-order chi connectivity index (χ1) is 5.75. The molecule has 4 nitrogen and oxygen atoms in total. The predicted molar refractivity (Wildman–Crippen MR) is 44.0 cm³/mol. The fourth-order valence-electron chi connectivity index (χ4n) is 1.85. The van der Waals surface area contributed by atoms with Gasteiger partial charge in [-0.2, -0.15) is 0 Å². The molecule has 2 aliphatic rings. The Morgan fingerprint density at radius 1 is 1.42 bits per heavy atom. The number of carboxylic acids is 1. The number of carboxylic acid groups (broad SMARTS) is 1. The molecule has 0 amide bonds. The Balaban J connectivity index is 1.91. The smallest absolute Gasteiger partial charge is 0.317 e. The second-order valence-corrected chi connectivity index (χ2v) is 3.35. The minimum Gasteiger partial charge on any atom is -0.480 e. The highest BCUT2D eigenvalue weighted by atomic mass is 16.4. The maximum Gasteiger partial charge on any atom is 0.317 e. The molecule has 0 aliphatic carbocycles. The zero-order valence-corrected chi connectivity index (χ0v) is 6.84. The molecular weight excluding hydrogens is 156 g/mol. The van der Waals surface area contributed by atoms with Crippen LogP contribution in [0.25, 0.3) is 0 Å². The van der Waals surface area contributed by atoms with Gasteiger partial charge in [0, 0.05) is 26.2 Å². The highest BCUT2D eigenvalue weighted by molar-refractivity contribution is 5.69. The molecule has 0 saturated carbocycles. The first-order valence-electron chi connectivity index (χ1n) is 4.10. The monoisotopic (exact) mass is 168 g/mol. The Bertz CT molecular complexity index is 231. The van der Waals surface area contributed by atoms with Crippen LogP contribution < -0.4 is 5.32 Å². The summed E-state index contributed by atoms with van der Waals surface area (Å²) in [5.41, 5.74) is 2.80. The van der Waals surface area contributed by atoms with Crippen molar-refractivity contribution in [2.24, 2.45) is 0 Å². The van der Waals surface area contributed by atoms with Crippen molar-refractivity contribution in [3.63, 3.8) is 0 Å². The van der Waals surface area contributed by atoms with Crippen LogP contribution in [0.1, 0.15) is 0 Å². The van der Waals surface area contributed by atoms with Gasteiger partial charge >= 0.3 is 5.97 Å². The van der Waals surface area contributed by atoms with Crippen LogP contribution >= 0.6 is 0 Å². The minimum atomic E-state index is -0.732. The number of hydrogen-bond acceptors (Lipinski definition) is 3. The summed E-state index contributed by atoms with van der Waals surface area (Å²) in [5.74, 6) is -0.732. The molecule has 2 aliphatic heterocycles. The van der Waals surface area contributed by atoms with Gasteiger partial charge in [-0.1, -0.05) is 0 Å². The summed E-state index contributed by atoms with van der Waals surface area (Å²) in [7, 11) is 0. The van der Waals surface area contributed by atoms with Crippen LogP contribution in [0.15, 0.2) is 11.1 Å². The number of nitrogens with zero attached hydrogens (tertiary/aromatic N) is 1. The van der Waals surface area contributed by atoms with E-state index in [0.717, 1.165) is 26.2 Å². The molecule has 66 valence electrons. The average Bonchev–Trinajstić information content (AvgIpc) is 2.43. The molecule has 4 heteroatoms. The van der Waals surface area contributed by atoms with Gasteiger partial charge in [-0.15, -0.1) is 0 Å². The van der Waals surface area contributed by atoms with Crippen molar-refractivity contribution in [2.45, 2.75) is 0 Å². The standard InChI is InChI=1S/C8H12N2O2/c11-8(12)5-10-3-6-1-9-2-7(6)4-10/h9H,1-5H2,(H,11,12). The van der Waals surface area contributed by atoms with Crippen LogP contribution in [-0.4, -0.2) is 48.7 Å². The Morgan fingerprint density at radius 3 is 2.50 bits per heavy atom. The maximum absolute atomic E-state index is 10.4. The largest absolute Gasteiger partial charge is 0.480 e. The third kappa shape index (κ3) is 1.35. The number of aliphatic carboxylic acids is 1. The molecular formula is C8H12N2O2. The van der Waals surface area contributed by atoms with Crippen molar-refractivity contribution in [3.8, 4) is 0 Å². The fraction of sp³-hybridized carbons (Fsp3) is 0.625. The molecule has 2 N–H and O–H groups in total. The molecule has 0 bridgehead atoms. The van der Waals surface area contributed by atoms with Crippen molar-refractivity contribution in [1.82, 2.24) is 10.2 Å². The van der Waals surface area contributed by atoms with Crippen LogP contribution in [0.4, 0.5) is 0 Å². The summed E-state index contributed by atoms with van der Waals surface area (Å²) >= 11 is 0. The van der Waals surface area contributed by atoms with Crippen LogP contribution in [0, 0.1) is 0 Å². The van der Waals surface area contributed by atoms with Gasteiger partial charge in [0.2, 0.25) is 0 Å². The van der Waals surface area contributed by atoms with Crippen LogP contribution in [0.2, 0.25) is 0 Å². The van der Waals surface area contributed by atoms with Crippen molar-refractivity contribution < 1.29 is 9.90 Å². The zero-order chi connectivity index (χ0) is 8.55. The number of rotatable bonds is 2. The van der Waals surface area contributed by atoms with E-state index in [0.29, 0.717) is 0 Å². The lowest BCUT2D eigenvalue weighted by atomic mass is 10.2. The van der Waals surface area contributed by atoms with Gasteiger partial charge in [-0.05, 0) is 11.1 Å². The van der Waals surface area contributed by atoms with Gasteiger partial charge in [-0.3, -0.25) is 9.69 Å². The normalized spacial score (nSPS) is 23.3. The number of hydrogen-bond donors (Lipinski definition) is 2. The topological polar surface area (TPSA) is 52.6 Å². The Kier molecular flexibility index (Phi) is 1.86. The number of carbonyl (C=O) groups is 1. The van der Waals surface area contributed by atoms with E-state index in [1.165, 1.54) is 11.1 Å². The van der Waals surface area contributed by atoms with Crippen molar-refractivity contribution in [1.29, 1.82) is 0 Å². The summed E-state index contributed by atoms with van der Waals surface area (Å²) in [6, 6.07) is 0. The summed E-state index contributed by atoms with van der Waals surface area (Å²) < 4.78 is 0. The first kappa shape index (κ1) is 7.76. The van der Waals surface area contributed by atoms with Crippen LogP contribution in [-0.2, 0) is 4.79 Å². The fourth-order valence-corrected chi connectivity index (χ4v) is 1.85. The van der Waals surface area contributed by atoms with Crippen molar-refractivity contribution >= 4 is 5.97 Å². The van der Waals surface area contributed by atoms with E-state index in [1.54, 1.807) is 0 Å². The van der Waals surface area contributed by atoms with Gasteiger partial charge < -0.3 is 10.4 Å². The van der Waals surface area contributed by atoms with E-state index < -0.39 is 5.97 Å². The van der Waals surface area contributed by atoms with Crippen molar-refractivity contribution in [2.75, 3.05) is 32.7 Å². The molecule has 0 unspecified atom stereocenters. The molecule has 0 aromatic heterocycles. The zero-order valence-electron chi connectivity index (χ0n) is 6.84. The Morgan fingerprint density at radius 2 is 2.00 bits per heavy atom. The molecule has 0 atom stereocenters. The lowest BCUT2D eigenvalue weighted by Crippen LogP contribution is -2.31. The van der Waals surface area contributed by atoms with Gasteiger partial charge in [-0.25, -0.2) is 0 Å². The molecule has 0 saturated heterocycles. The highest BCUT2D eigenvalue weighted by Crippen LogP contribution is 2.19. The molecule has 0 radical (unpaired) electrons. The molecule has 2 heterocycles. The lowest BCUT2D eigenvalue weighted by molar-refractivity contribution is -0.138.